The molecule has 1 N–H and O–H groups in total. The number of hydrogen-bond donors (Lipinski definition) is 1. The molecule has 0 saturated carbocycles. The average molecular weight is 292 g/mol. The van der Waals surface area contributed by atoms with E-state index in [1.165, 1.54) is 0 Å². The smallest absolute Gasteiger partial charge is 0.223 e. The molecule has 0 radical (unpaired) electrons. The van der Waals surface area contributed by atoms with E-state index in [1.54, 1.807) is 25.1 Å². The Bertz CT molecular complexity index is 311. The standard InChI is InChI=1S/C9H14BrN3OS/c1-3-11-9-12-6-7(10)8(13-9)15-5-4-14-2/h6H,3-5H2,1-2H3,(H,11,12,13). The van der Waals surface area contributed by atoms with Gasteiger partial charge in [-0.3, -0.25) is 0 Å². The van der Waals surface area contributed by atoms with Gasteiger partial charge in [0.15, 0.2) is 0 Å². The van der Waals surface area contributed by atoms with Gasteiger partial charge in [0.25, 0.3) is 0 Å². The van der Waals surface area contributed by atoms with Gasteiger partial charge in [-0.2, -0.15) is 0 Å². The van der Waals surface area contributed by atoms with Crippen LogP contribution in [0.1, 0.15) is 6.92 Å². The Kier molecular flexibility index (Phi) is 5.97. The minimum Gasteiger partial charge on any atom is -0.384 e. The average Bonchev–Trinajstić information content (AvgIpc) is 2.23. The van der Waals surface area contributed by atoms with Gasteiger partial charge in [-0.15, -0.1) is 11.8 Å². The first kappa shape index (κ1) is 12.7. The minimum absolute atomic E-state index is 0.667. The van der Waals surface area contributed by atoms with Crippen LogP contribution in [0.15, 0.2) is 15.7 Å². The molecular formula is C9H14BrN3OS. The Labute approximate surface area is 102 Å². The molecule has 1 aromatic rings. The SMILES string of the molecule is CCNc1ncc(Br)c(SCCOC)n1. The Balaban J connectivity index is 2.63. The Morgan fingerprint density at radius 1 is 1.60 bits per heavy atom. The number of ether oxygens (including phenoxy) is 1. The third kappa shape index (κ3) is 4.36. The van der Waals surface area contributed by atoms with Crippen LogP contribution in [-0.2, 0) is 4.74 Å². The summed E-state index contributed by atoms with van der Waals surface area (Å²) in [6.07, 6.45) is 1.76. The second kappa shape index (κ2) is 7.03. The molecular weight excluding hydrogens is 278 g/mol. The van der Waals surface area contributed by atoms with Gasteiger partial charge >= 0.3 is 0 Å². The third-order valence-electron chi connectivity index (χ3n) is 1.57. The van der Waals surface area contributed by atoms with Crippen molar-refractivity contribution in [3.63, 3.8) is 0 Å². The van der Waals surface area contributed by atoms with E-state index in [0.717, 1.165) is 28.4 Å². The fraction of sp³-hybridized carbons (Fsp3) is 0.556. The van der Waals surface area contributed by atoms with Crippen molar-refractivity contribution in [2.45, 2.75) is 11.9 Å². The molecule has 0 aliphatic rings. The number of hydrogen-bond acceptors (Lipinski definition) is 5. The lowest BCUT2D eigenvalue weighted by Crippen LogP contribution is -2.03. The molecule has 4 nitrogen and oxygen atoms in total. The third-order valence-corrected chi connectivity index (χ3v) is 3.37. The van der Waals surface area contributed by atoms with Crippen LogP contribution in [0.25, 0.3) is 0 Å². The van der Waals surface area contributed by atoms with E-state index in [1.807, 2.05) is 6.92 Å². The number of aromatic nitrogens is 2. The molecule has 0 aliphatic carbocycles. The molecule has 0 spiro atoms. The van der Waals surface area contributed by atoms with E-state index in [4.69, 9.17) is 4.74 Å². The number of methoxy groups -OCH3 is 1. The highest BCUT2D eigenvalue weighted by Gasteiger charge is 2.04. The molecule has 0 aliphatic heterocycles. The number of halogens is 1. The van der Waals surface area contributed by atoms with Crippen molar-refractivity contribution in [1.29, 1.82) is 0 Å². The maximum absolute atomic E-state index is 4.99. The number of nitrogens with one attached hydrogen (secondary N) is 1. The van der Waals surface area contributed by atoms with Gasteiger partial charge in [-0.25, -0.2) is 9.97 Å². The van der Waals surface area contributed by atoms with E-state index >= 15 is 0 Å². The second-order valence-electron chi connectivity index (χ2n) is 2.72. The van der Waals surface area contributed by atoms with Crippen LogP contribution in [0.3, 0.4) is 0 Å². The van der Waals surface area contributed by atoms with Crippen LogP contribution in [0, 0.1) is 0 Å². The zero-order chi connectivity index (χ0) is 11.1. The van der Waals surface area contributed by atoms with Gasteiger partial charge in [-0.05, 0) is 22.9 Å². The molecule has 0 fully saturated rings. The van der Waals surface area contributed by atoms with Crippen molar-refractivity contribution in [2.75, 3.05) is 31.3 Å². The normalized spacial score (nSPS) is 10.3. The lowest BCUT2D eigenvalue weighted by molar-refractivity contribution is 0.218. The van der Waals surface area contributed by atoms with Gasteiger partial charge in [0.05, 0.1) is 11.1 Å². The number of nitrogens with zero attached hydrogens (tertiary/aromatic N) is 2. The van der Waals surface area contributed by atoms with Gasteiger partial charge in [0.1, 0.15) is 5.03 Å². The van der Waals surface area contributed by atoms with Gasteiger partial charge in [-0.1, -0.05) is 0 Å². The zero-order valence-electron chi connectivity index (χ0n) is 8.79. The van der Waals surface area contributed by atoms with E-state index in [2.05, 4.69) is 31.2 Å². The molecule has 6 heteroatoms. The second-order valence-corrected chi connectivity index (χ2v) is 4.66. The van der Waals surface area contributed by atoms with E-state index < -0.39 is 0 Å². The first-order chi connectivity index (χ1) is 7.27. The highest BCUT2D eigenvalue weighted by molar-refractivity contribution is 9.10. The minimum atomic E-state index is 0.667. The monoisotopic (exact) mass is 291 g/mol. The Hall–Kier alpha value is -0.330. The summed E-state index contributed by atoms with van der Waals surface area (Å²) in [7, 11) is 1.69. The van der Waals surface area contributed by atoms with Crippen LogP contribution < -0.4 is 5.32 Å². The maximum Gasteiger partial charge on any atom is 0.223 e. The van der Waals surface area contributed by atoms with Crippen LogP contribution in [0.5, 0.6) is 0 Å². The summed E-state index contributed by atoms with van der Waals surface area (Å²) < 4.78 is 5.91. The van der Waals surface area contributed by atoms with E-state index in [9.17, 15) is 0 Å². The summed E-state index contributed by atoms with van der Waals surface area (Å²) in [6, 6.07) is 0. The summed E-state index contributed by atoms with van der Waals surface area (Å²) >= 11 is 5.07. The zero-order valence-corrected chi connectivity index (χ0v) is 11.2. The molecule has 0 saturated heterocycles. The summed E-state index contributed by atoms with van der Waals surface area (Å²) in [4.78, 5) is 8.52. The molecule has 1 aromatic heterocycles. The highest BCUT2D eigenvalue weighted by Crippen LogP contribution is 2.25. The number of thioether (sulfide) groups is 1. The molecule has 0 amide bonds. The summed E-state index contributed by atoms with van der Waals surface area (Å²) in [5.41, 5.74) is 0. The largest absolute Gasteiger partial charge is 0.384 e. The maximum atomic E-state index is 4.99. The molecule has 0 unspecified atom stereocenters. The van der Waals surface area contributed by atoms with Gasteiger partial charge < -0.3 is 10.1 Å². The quantitative estimate of drug-likeness (QED) is 0.495. The summed E-state index contributed by atoms with van der Waals surface area (Å²) in [5, 5.41) is 4.02. The van der Waals surface area contributed by atoms with Crippen molar-refractivity contribution in [3.05, 3.63) is 10.7 Å². The van der Waals surface area contributed by atoms with Gasteiger partial charge in [0, 0.05) is 25.6 Å². The summed E-state index contributed by atoms with van der Waals surface area (Å²) in [6.45, 7) is 3.56. The Morgan fingerprint density at radius 3 is 3.07 bits per heavy atom. The van der Waals surface area contributed by atoms with Crippen LogP contribution in [0.2, 0.25) is 0 Å². The van der Waals surface area contributed by atoms with Crippen molar-refractivity contribution < 1.29 is 4.74 Å². The lowest BCUT2D eigenvalue weighted by Gasteiger charge is -2.05. The van der Waals surface area contributed by atoms with Crippen LogP contribution in [-0.4, -0.2) is 36.0 Å². The van der Waals surface area contributed by atoms with Crippen molar-refractivity contribution in [2.24, 2.45) is 0 Å². The van der Waals surface area contributed by atoms with E-state index in [0.29, 0.717) is 5.95 Å². The lowest BCUT2D eigenvalue weighted by atomic mass is 10.6. The Morgan fingerprint density at radius 2 is 2.40 bits per heavy atom. The molecule has 0 atom stereocenters. The number of rotatable bonds is 6. The first-order valence-electron chi connectivity index (χ1n) is 4.66. The van der Waals surface area contributed by atoms with Crippen LogP contribution >= 0.6 is 27.7 Å². The predicted molar refractivity (Wildman–Crippen MR) is 66.5 cm³/mol. The predicted octanol–water partition coefficient (Wildman–Crippen LogP) is 2.41. The number of anilines is 1. The van der Waals surface area contributed by atoms with Crippen molar-refractivity contribution >= 4 is 33.6 Å². The first-order valence-corrected chi connectivity index (χ1v) is 6.44. The highest BCUT2D eigenvalue weighted by atomic mass is 79.9. The molecule has 0 bridgehead atoms. The topological polar surface area (TPSA) is 47.0 Å². The molecule has 15 heavy (non-hydrogen) atoms. The van der Waals surface area contributed by atoms with Crippen LogP contribution in [0.4, 0.5) is 5.95 Å². The summed E-state index contributed by atoms with van der Waals surface area (Å²) in [5.74, 6) is 1.55. The molecule has 1 rings (SSSR count). The van der Waals surface area contributed by atoms with Gasteiger partial charge in [0.2, 0.25) is 5.95 Å². The fourth-order valence-corrected chi connectivity index (χ4v) is 2.24. The fourth-order valence-electron chi connectivity index (χ4n) is 0.918. The van der Waals surface area contributed by atoms with E-state index in [-0.39, 0.29) is 0 Å². The van der Waals surface area contributed by atoms with Crippen molar-refractivity contribution in [1.82, 2.24) is 9.97 Å². The molecule has 0 aromatic carbocycles. The van der Waals surface area contributed by atoms with Crippen molar-refractivity contribution in [3.8, 4) is 0 Å². The molecule has 1 heterocycles. The molecule has 84 valence electrons.